The molecule has 3 atom stereocenters. The van der Waals surface area contributed by atoms with E-state index in [-0.39, 0.29) is 18.4 Å². The quantitative estimate of drug-likeness (QED) is 0.325. The fourth-order valence-corrected chi connectivity index (χ4v) is 3.69. The molecule has 2 rings (SSSR count). The SMILES string of the molecule is CC(C)[C@H](NC(=O)[C@H](C)NC(=O)[C@@H](NCc1ccncc1)C(C)(C)C)C(=O)C(=O)NCc1ccccc1. The Bertz CT molecular complexity index is 1050. The number of carbonyl (C=O) groups is 4. The van der Waals surface area contributed by atoms with Gasteiger partial charge < -0.3 is 21.3 Å². The Labute approximate surface area is 219 Å². The number of carbonyl (C=O) groups excluding carboxylic acids is 4. The fourth-order valence-electron chi connectivity index (χ4n) is 3.69. The molecule has 0 saturated carbocycles. The number of rotatable bonds is 12. The Kier molecular flexibility index (Phi) is 10.9. The molecule has 0 saturated heterocycles. The van der Waals surface area contributed by atoms with Crippen molar-refractivity contribution in [3.8, 4) is 0 Å². The standard InChI is InChI=1S/C28H39N5O4/c1-18(2)22(23(34)26(36)31-17-20-10-8-7-9-11-20)33-25(35)19(3)32-27(37)24(28(4,5)6)30-16-21-12-14-29-15-13-21/h7-15,18-19,22,24,30H,16-17H2,1-6H3,(H,31,36)(H,32,37)(H,33,35)/t19-,22-,24+/m0/s1. The van der Waals surface area contributed by atoms with E-state index in [4.69, 9.17) is 0 Å². The first-order valence-electron chi connectivity index (χ1n) is 12.5. The van der Waals surface area contributed by atoms with E-state index in [9.17, 15) is 19.2 Å². The number of ketones is 1. The van der Waals surface area contributed by atoms with Crippen LogP contribution in [0.2, 0.25) is 0 Å². The molecule has 1 heterocycles. The van der Waals surface area contributed by atoms with E-state index in [0.717, 1.165) is 11.1 Å². The van der Waals surface area contributed by atoms with Crippen LogP contribution in [0.15, 0.2) is 54.9 Å². The predicted octanol–water partition coefficient (Wildman–Crippen LogP) is 2.12. The molecule has 4 N–H and O–H groups in total. The van der Waals surface area contributed by atoms with E-state index >= 15 is 0 Å². The highest BCUT2D eigenvalue weighted by Gasteiger charge is 2.34. The highest BCUT2D eigenvalue weighted by Crippen LogP contribution is 2.20. The topological polar surface area (TPSA) is 129 Å². The van der Waals surface area contributed by atoms with Gasteiger partial charge in [0.15, 0.2) is 0 Å². The van der Waals surface area contributed by atoms with E-state index in [2.05, 4.69) is 26.3 Å². The summed E-state index contributed by atoms with van der Waals surface area (Å²) in [6.45, 7) is 11.5. The lowest BCUT2D eigenvalue weighted by Crippen LogP contribution is -2.58. The normalized spacial score (nSPS) is 13.8. The summed E-state index contributed by atoms with van der Waals surface area (Å²) in [4.78, 5) is 55.3. The summed E-state index contributed by atoms with van der Waals surface area (Å²) in [5.41, 5.74) is 1.41. The Morgan fingerprint density at radius 3 is 1.97 bits per heavy atom. The first-order valence-corrected chi connectivity index (χ1v) is 12.5. The van der Waals surface area contributed by atoms with Crippen molar-refractivity contribution in [3.63, 3.8) is 0 Å². The molecule has 0 fully saturated rings. The molecule has 0 bridgehead atoms. The van der Waals surface area contributed by atoms with Gasteiger partial charge in [0.05, 0.1) is 12.1 Å². The number of Topliss-reactive ketones (excluding diaryl/α,β-unsaturated/α-hetero) is 1. The molecule has 2 aromatic rings. The van der Waals surface area contributed by atoms with E-state index in [1.165, 1.54) is 0 Å². The molecule has 3 amide bonds. The van der Waals surface area contributed by atoms with Gasteiger partial charge in [-0.3, -0.25) is 24.2 Å². The summed E-state index contributed by atoms with van der Waals surface area (Å²) in [6.07, 6.45) is 3.37. The van der Waals surface area contributed by atoms with E-state index in [0.29, 0.717) is 6.54 Å². The lowest BCUT2D eigenvalue weighted by Gasteiger charge is -2.32. The minimum absolute atomic E-state index is 0.206. The third-order valence-electron chi connectivity index (χ3n) is 5.91. The molecule has 0 spiro atoms. The van der Waals surface area contributed by atoms with Crippen LogP contribution in [-0.4, -0.2) is 46.6 Å². The Balaban J connectivity index is 1.98. The average Bonchev–Trinajstić information content (AvgIpc) is 2.85. The van der Waals surface area contributed by atoms with Crippen molar-refractivity contribution >= 4 is 23.5 Å². The number of amides is 3. The molecule has 1 aromatic heterocycles. The Morgan fingerprint density at radius 2 is 1.41 bits per heavy atom. The first kappa shape index (κ1) is 29.6. The minimum atomic E-state index is -1.02. The van der Waals surface area contributed by atoms with Crippen molar-refractivity contribution in [1.82, 2.24) is 26.3 Å². The summed E-state index contributed by atoms with van der Waals surface area (Å²) >= 11 is 0. The van der Waals surface area contributed by atoms with E-state index < -0.39 is 41.1 Å². The second kappa shape index (κ2) is 13.6. The van der Waals surface area contributed by atoms with Gasteiger partial charge in [-0.25, -0.2) is 0 Å². The maximum atomic E-state index is 13.1. The van der Waals surface area contributed by atoms with Gasteiger partial charge in [0.1, 0.15) is 6.04 Å². The van der Waals surface area contributed by atoms with Crippen LogP contribution in [0.4, 0.5) is 0 Å². The highest BCUT2D eigenvalue weighted by molar-refractivity contribution is 6.38. The van der Waals surface area contributed by atoms with Crippen molar-refractivity contribution in [3.05, 3.63) is 66.0 Å². The molecule has 37 heavy (non-hydrogen) atoms. The first-order chi connectivity index (χ1) is 17.4. The zero-order chi connectivity index (χ0) is 27.6. The van der Waals surface area contributed by atoms with Gasteiger partial charge in [0.2, 0.25) is 17.6 Å². The van der Waals surface area contributed by atoms with Gasteiger partial charge in [0, 0.05) is 25.5 Å². The van der Waals surface area contributed by atoms with Crippen LogP contribution in [0, 0.1) is 11.3 Å². The molecule has 0 unspecified atom stereocenters. The van der Waals surface area contributed by atoms with Crippen LogP contribution < -0.4 is 21.3 Å². The van der Waals surface area contributed by atoms with Crippen LogP contribution in [0.25, 0.3) is 0 Å². The molecule has 1 aromatic carbocycles. The lowest BCUT2D eigenvalue weighted by atomic mass is 9.85. The Morgan fingerprint density at radius 1 is 0.811 bits per heavy atom. The highest BCUT2D eigenvalue weighted by atomic mass is 16.2. The number of nitrogens with zero attached hydrogens (tertiary/aromatic N) is 1. The third-order valence-corrected chi connectivity index (χ3v) is 5.91. The summed E-state index contributed by atoms with van der Waals surface area (Å²) in [5, 5.41) is 11.3. The van der Waals surface area contributed by atoms with Crippen LogP contribution in [-0.2, 0) is 32.3 Å². The largest absolute Gasteiger partial charge is 0.345 e. The van der Waals surface area contributed by atoms with E-state index in [1.54, 1.807) is 33.2 Å². The number of benzene rings is 1. The Hall–Kier alpha value is -3.59. The van der Waals surface area contributed by atoms with Gasteiger partial charge in [-0.2, -0.15) is 0 Å². The minimum Gasteiger partial charge on any atom is -0.345 e. The van der Waals surface area contributed by atoms with Crippen molar-refractivity contribution < 1.29 is 19.2 Å². The van der Waals surface area contributed by atoms with Gasteiger partial charge in [-0.05, 0) is 41.5 Å². The van der Waals surface area contributed by atoms with Crippen molar-refractivity contribution in [1.29, 1.82) is 0 Å². The van der Waals surface area contributed by atoms with Crippen LogP contribution in [0.5, 0.6) is 0 Å². The molecular formula is C28H39N5O4. The molecular weight excluding hydrogens is 470 g/mol. The zero-order valence-electron chi connectivity index (χ0n) is 22.5. The summed E-state index contributed by atoms with van der Waals surface area (Å²) in [6, 6.07) is 10.4. The van der Waals surface area contributed by atoms with Crippen molar-refractivity contribution in [2.45, 2.75) is 72.8 Å². The van der Waals surface area contributed by atoms with Gasteiger partial charge in [0.25, 0.3) is 5.91 Å². The average molecular weight is 510 g/mol. The zero-order valence-corrected chi connectivity index (χ0v) is 22.5. The van der Waals surface area contributed by atoms with Crippen LogP contribution in [0.3, 0.4) is 0 Å². The molecule has 0 aliphatic rings. The van der Waals surface area contributed by atoms with Crippen molar-refractivity contribution in [2.24, 2.45) is 11.3 Å². The monoisotopic (exact) mass is 509 g/mol. The molecule has 9 heteroatoms. The second-order valence-electron chi connectivity index (χ2n) is 10.5. The fraction of sp³-hybridized carbons (Fsp3) is 0.464. The number of hydrogen-bond acceptors (Lipinski definition) is 6. The summed E-state index contributed by atoms with van der Waals surface area (Å²) in [7, 11) is 0. The second-order valence-corrected chi connectivity index (χ2v) is 10.5. The van der Waals surface area contributed by atoms with Gasteiger partial charge in [-0.15, -0.1) is 0 Å². The van der Waals surface area contributed by atoms with E-state index in [1.807, 2.05) is 63.2 Å². The van der Waals surface area contributed by atoms with Gasteiger partial charge in [-0.1, -0.05) is 65.0 Å². The predicted molar refractivity (Wildman–Crippen MR) is 142 cm³/mol. The van der Waals surface area contributed by atoms with Gasteiger partial charge >= 0.3 is 0 Å². The van der Waals surface area contributed by atoms with Crippen LogP contribution in [0.1, 0.15) is 52.7 Å². The molecule has 0 aliphatic carbocycles. The maximum Gasteiger partial charge on any atom is 0.289 e. The summed E-state index contributed by atoms with van der Waals surface area (Å²) in [5.74, 6) is -2.71. The number of pyridine rings is 1. The number of aromatic nitrogens is 1. The maximum absolute atomic E-state index is 13.1. The lowest BCUT2D eigenvalue weighted by molar-refractivity contribution is -0.141. The molecule has 0 aliphatic heterocycles. The molecule has 9 nitrogen and oxygen atoms in total. The third kappa shape index (κ3) is 9.42. The number of nitrogens with one attached hydrogen (secondary N) is 4. The van der Waals surface area contributed by atoms with Crippen LogP contribution >= 0.6 is 0 Å². The van der Waals surface area contributed by atoms with Crippen molar-refractivity contribution in [2.75, 3.05) is 0 Å². The molecule has 200 valence electrons. The smallest absolute Gasteiger partial charge is 0.289 e. The number of hydrogen-bond donors (Lipinski definition) is 4. The molecule has 0 radical (unpaired) electrons. The summed E-state index contributed by atoms with van der Waals surface area (Å²) < 4.78 is 0.